The van der Waals surface area contributed by atoms with Gasteiger partial charge in [-0.1, -0.05) is 28.1 Å². The van der Waals surface area contributed by atoms with Gasteiger partial charge in [-0.25, -0.2) is 0 Å². The summed E-state index contributed by atoms with van der Waals surface area (Å²) >= 11 is 3.33. The average Bonchev–Trinajstić information content (AvgIpc) is 2.14. The molecule has 0 atom stereocenters. The van der Waals surface area contributed by atoms with Crippen LogP contribution in [-0.4, -0.2) is 11.3 Å². The Morgan fingerprint density at radius 3 is 2.33 bits per heavy atom. The minimum absolute atomic E-state index is 0.154. The second-order valence-electron chi connectivity index (χ2n) is 4.42. The minimum Gasteiger partial charge on any atom is -0.326 e. The van der Waals surface area contributed by atoms with Crippen LogP contribution in [0.4, 0.5) is 0 Å². The Kier molecular flexibility index (Phi) is 4.05. The molecule has 0 fully saturated rings. The number of hydrogen-bond acceptors (Lipinski definition) is 2. The molecule has 2 N–H and O–H groups in total. The highest BCUT2D eigenvalue weighted by Gasteiger charge is 2.14. The lowest BCUT2D eigenvalue weighted by Gasteiger charge is -2.17. The molecule has 82 valence electrons. The van der Waals surface area contributed by atoms with Gasteiger partial charge in [0.05, 0.1) is 0 Å². The number of carbonyl (C=O) groups is 1. The van der Waals surface area contributed by atoms with Crippen LogP contribution in [0.5, 0.6) is 0 Å². The molecule has 1 aromatic carbocycles. The van der Waals surface area contributed by atoms with Crippen molar-refractivity contribution in [2.75, 3.05) is 0 Å². The molecule has 0 bridgehead atoms. The molecule has 2 nitrogen and oxygen atoms in total. The van der Waals surface area contributed by atoms with E-state index < -0.39 is 0 Å². The van der Waals surface area contributed by atoms with Crippen LogP contribution >= 0.6 is 15.9 Å². The van der Waals surface area contributed by atoms with Crippen LogP contribution in [-0.2, 0) is 0 Å². The number of Topliss-reactive ketones (excluding diaryl/α,β-unsaturated/α-hetero) is 1. The third-order valence-electron chi connectivity index (χ3n) is 2.16. The van der Waals surface area contributed by atoms with E-state index in [2.05, 4.69) is 15.9 Å². The first-order valence-electron chi connectivity index (χ1n) is 4.96. The lowest BCUT2D eigenvalue weighted by Crippen LogP contribution is -2.32. The summed E-state index contributed by atoms with van der Waals surface area (Å²) in [5.74, 6) is 0.154. The molecule has 0 heterocycles. The van der Waals surface area contributed by atoms with Crippen LogP contribution in [0.25, 0.3) is 0 Å². The number of nitrogens with two attached hydrogens (primary N) is 1. The summed E-state index contributed by atoms with van der Waals surface area (Å²) in [6.45, 7) is 3.86. The number of ketones is 1. The smallest absolute Gasteiger partial charge is 0.162 e. The second kappa shape index (κ2) is 4.90. The van der Waals surface area contributed by atoms with E-state index in [1.54, 1.807) is 0 Å². The third-order valence-corrected chi connectivity index (χ3v) is 2.69. The van der Waals surface area contributed by atoms with E-state index in [1.165, 1.54) is 0 Å². The van der Waals surface area contributed by atoms with Crippen molar-refractivity contribution in [3.8, 4) is 0 Å². The fourth-order valence-corrected chi connectivity index (χ4v) is 1.48. The molecule has 0 unspecified atom stereocenters. The molecule has 0 aromatic heterocycles. The molecule has 1 aromatic rings. The average molecular weight is 270 g/mol. The van der Waals surface area contributed by atoms with Gasteiger partial charge in [0.15, 0.2) is 5.78 Å². The zero-order chi connectivity index (χ0) is 11.5. The largest absolute Gasteiger partial charge is 0.326 e. The molecular weight excluding hydrogens is 254 g/mol. The molecule has 0 saturated carbocycles. The molecule has 0 spiro atoms. The topological polar surface area (TPSA) is 43.1 Å². The quantitative estimate of drug-likeness (QED) is 0.854. The zero-order valence-electron chi connectivity index (χ0n) is 9.09. The Balaban J connectivity index is 2.58. The van der Waals surface area contributed by atoms with Gasteiger partial charge in [-0.05, 0) is 32.4 Å². The van der Waals surface area contributed by atoms with Crippen LogP contribution in [0.2, 0.25) is 0 Å². The molecule has 0 aliphatic carbocycles. The Bertz CT molecular complexity index is 338. The van der Waals surface area contributed by atoms with E-state index in [0.717, 1.165) is 10.0 Å². The Labute approximate surface area is 99.0 Å². The summed E-state index contributed by atoms with van der Waals surface area (Å²) in [6.07, 6.45) is 1.22. The summed E-state index contributed by atoms with van der Waals surface area (Å²) in [5, 5.41) is 0. The van der Waals surface area contributed by atoms with Gasteiger partial charge in [0.1, 0.15) is 0 Å². The Morgan fingerprint density at radius 2 is 1.87 bits per heavy atom. The van der Waals surface area contributed by atoms with Gasteiger partial charge < -0.3 is 5.73 Å². The van der Waals surface area contributed by atoms with Gasteiger partial charge in [-0.3, -0.25) is 4.79 Å². The van der Waals surface area contributed by atoms with E-state index >= 15 is 0 Å². The van der Waals surface area contributed by atoms with Crippen molar-refractivity contribution >= 4 is 21.7 Å². The number of halogens is 1. The van der Waals surface area contributed by atoms with Gasteiger partial charge in [-0.2, -0.15) is 0 Å². The van der Waals surface area contributed by atoms with E-state index in [9.17, 15) is 4.79 Å². The van der Waals surface area contributed by atoms with Crippen LogP contribution in [0.15, 0.2) is 28.7 Å². The van der Waals surface area contributed by atoms with E-state index in [1.807, 2.05) is 38.1 Å². The summed E-state index contributed by atoms with van der Waals surface area (Å²) in [4.78, 5) is 11.7. The maximum absolute atomic E-state index is 11.7. The monoisotopic (exact) mass is 269 g/mol. The molecule has 0 amide bonds. The van der Waals surface area contributed by atoms with E-state index in [-0.39, 0.29) is 11.3 Å². The van der Waals surface area contributed by atoms with Crippen molar-refractivity contribution in [1.29, 1.82) is 0 Å². The maximum Gasteiger partial charge on any atom is 0.162 e. The van der Waals surface area contributed by atoms with Gasteiger partial charge in [0.25, 0.3) is 0 Å². The Hall–Kier alpha value is -0.670. The normalized spacial score (nSPS) is 11.5. The van der Waals surface area contributed by atoms with Crippen molar-refractivity contribution in [2.45, 2.75) is 32.2 Å². The molecule has 0 saturated heterocycles. The van der Waals surface area contributed by atoms with Crippen molar-refractivity contribution in [3.05, 3.63) is 34.3 Å². The predicted octanol–water partition coefficient (Wildman–Crippen LogP) is 3.15. The molecular formula is C12H16BrNO. The van der Waals surface area contributed by atoms with Crippen molar-refractivity contribution < 1.29 is 4.79 Å². The van der Waals surface area contributed by atoms with E-state index in [4.69, 9.17) is 5.73 Å². The highest BCUT2D eigenvalue weighted by molar-refractivity contribution is 9.10. The summed E-state index contributed by atoms with van der Waals surface area (Å²) in [6, 6.07) is 7.41. The van der Waals surface area contributed by atoms with Gasteiger partial charge in [-0.15, -0.1) is 0 Å². The first kappa shape index (κ1) is 12.4. The molecule has 1 rings (SSSR count). The lowest BCUT2D eigenvalue weighted by atomic mass is 9.96. The lowest BCUT2D eigenvalue weighted by molar-refractivity contribution is 0.0972. The van der Waals surface area contributed by atoms with Crippen LogP contribution in [0.1, 0.15) is 37.0 Å². The number of rotatable bonds is 4. The predicted molar refractivity (Wildman–Crippen MR) is 66.0 cm³/mol. The fourth-order valence-electron chi connectivity index (χ4n) is 1.22. The highest BCUT2D eigenvalue weighted by atomic mass is 79.9. The van der Waals surface area contributed by atoms with Gasteiger partial charge >= 0.3 is 0 Å². The first-order valence-corrected chi connectivity index (χ1v) is 5.75. The number of benzene rings is 1. The van der Waals surface area contributed by atoms with Gasteiger partial charge in [0, 0.05) is 22.0 Å². The fraction of sp³-hybridized carbons (Fsp3) is 0.417. The van der Waals surface area contributed by atoms with Crippen molar-refractivity contribution in [2.24, 2.45) is 5.73 Å². The molecule has 0 radical (unpaired) electrons. The van der Waals surface area contributed by atoms with Crippen LogP contribution in [0.3, 0.4) is 0 Å². The highest BCUT2D eigenvalue weighted by Crippen LogP contribution is 2.14. The second-order valence-corrected chi connectivity index (χ2v) is 5.33. The standard InChI is InChI=1S/C12H16BrNO/c1-12(2,14)8-7-11(15)9-3-5-10(13)6-4-9/h3-6H,7-8,14H2,1-2H3. The van der Waals surface area contributed by atoms with Crippen LogP contribution < -0.4 is 5.73 Å². The van der Waals surface area contributed by atoms with Crippen LogP contribution in [0, 0.1) is 0 Å². The summed E-state index contributed by atoms with van der Waals surface area (Å²) < 4.78 is 0.984. The van der Waals surface area contributed by atoms with Gasteiger partial charge in [0.2, 0.25) is 0 Å². The number of carbonyl (C=O) groups excluding carboxylic acids is 1. The zero-order valence-corrected chi connectivity index (χ0v) is 10.7. The molecule has 3 heteroatoms. The Morgan fingerprint density at radius 1 is 1.33 bits per heavy atom. The van der Waals surface area contributed by atoms with Crippen molar-refractivity contribution in [1.82, 2.24) is 0 Å². The SMILES string of the molecule is CC(C)(N)CCC(=O)c1ccc(Br)cc1. The molecule has 0 aliphatic rings. The number of hydrogen-bond donors (Lipinski definition) is 1. The maximum atomic E-state index is 11.7. The van der Waals surface area contributed by atoms with Crippen molar-refractivity contribution in [3.63, 3.8) is 0 Å². The summed E-state index contributed by atoms with van der Waals surface area (Å²) in [5.41, 5.74) is 6.31. The third kappa shape index (κ3) is 4.58. The molecule has 0 aliphatic heterocycles. The minimum atomic E-state index is -0.273. The summed E-state index contributed by atoms with van der Waals surface area (Å²) in [7, 11) is 0. The first-order chi connectivity index (χ1) is 6.88. The van der Waals surface area contributed by atoms with E-state index in [0.29, 0.717) is 12.8 Å². The molecule has 15 heavy (non-hydrogen) atoms.